The van der Waals surface area contributed by atoms with Crippen LogP contribution in [0.2, 0.25) is 0 Å². The fourth-order valence-electron chi connectivity index (χ4n) is 1.93. The summed E-state index contributed by atoms with van der Waals surface area (Å²) in [4.78, 5) is 0. The van der Waals surface area contributed by atoms with Gasteiger partial charge in [-0.05, 0) is 19.5 Å². The summed E-state index contributed by atoms with van der Waals surface area (Å²) >= 11 is 0. The number of H-pyrrole nitrogens is 1. The van der Waals surface area contributed by atoms with E-state index in [2.05, 4.69) is 27.7 Å². The summed E-state index contributed by atoms with van der Waals surface area (Å²) in [7, 11) is 0. The third-order valence-corrected chi connectivity index (χ3v) is 2.67. The van der Waals surface area contributed by atoms with E-state index in [1.54, 1.807) is 6.20 Å². The molecule has 0 aliphatic rings. The van der Waals surface area contributed by atoms with E-state index in [0.29, 0.717) is 6.61 Å². The van der Waals surface area contributed by atoms with Gasteiger partial charge in [-0.25, -0.2) is 0 Å². The highest BCUT2D eigenvalue weighted by Gasteiger charge is 2.19. The van der Waals surface area contributed by atoms with Crippen LogP contribution in [0.5, 0.6) is 5.75 Å². The van der Waals surface area contributed by atoms with Gasteiger partial charge in [0, 0.05) is 5.56 Å². The lowest BCUT2D eigenvalue weighted by molar-refractivity contribution is 0.333. The normalized spacial score (nSPS) is 12.3. The molecule has 0 bridgehead atoms. The minimum atomic E-state index is -0.00324. The summed E-state index contributed by atoms with van der Waals surface area (Å²) in [6.07, 6.45) is 1.73. The number of hydrogen-bond acceptors (Lipinski definition) is 4. The van der Waals surface area contributed by atoms with Gasteiger partial charge in [-0.3, -0.25) is 0 Å². The predicted octanol–water partition coefficient (Wildman–Crippen LogP) is 1.90. The number of benzene rings is 1. The van der Waals surface area contributed by atoms with Crippen LogP contribution in [0.3, 0.4) is 0 Å². The summed E-state index contributed by atoms with van der Waals surface area (Å²) in [6.45, 7) is 5.54. The zero-order valence-corrected chi connectivity index (χ0v) is 10.7. The van der Waals surface area contributed by atoms with E-state index in [0.717, 1.165) is 23.6 Å². The SMILES string of the molecule is CCNC(c1cn[nH]n1)c1ccccc1OCC. The number of nitrogens with one attached hydrogen (secondary N) is 2. The molecule has 5 heteroatoms. The van der Waals surface area contributed by atoms with Crippen molar-refractivity contribution in [3.8, 4) is 5.75 Å². The van der Waals surface area contributed by atoms with Crippen LogP contribution < -0.4 is 10.1 Å². The monoisotopic (exact) mass is 246 g/mol. The Bertz CT molecular complexity index is 470. The number of para-hydroxylation sites is 1. The molecule has 18 heavy (non-hydrogen) atoms. The lowest BCUT2D eigenvalue weighted by Gasteiger charge is -2.19. The van der Waals surface area contributed by atoms with Crippen molar-refractivity contribution in [1.82, 2.24) is 20.7 Å². The molecule has 0 saturated carbocycles. The van der Waals surface area contributed by atoms with Crippen LogP contribution in [-0.2, 0) is 0 Å². The molecule has 0 aliphatic carbocycles. The van der Waals surface area contributed by atoms with Crippen LogP contribution in [-0.4, -0.2) is 28.6 Å². The van der Waals surface area contributed by atoms with Crippen molar-refractivity contribution in [1.29, 1.82) is 0 Å². The van der Waals surface area contributed by atoms with Gasteiger partial charge in [-0.2, -0.15) is 15.4 Å². The molecule has 0 spiro atoms. The van der Waals surface area contributed by atoms with Crippen molar-refractivity contribution in [3.05, 3.63) is 41.7 Å². The van der Waals surface area contributed by atoms with Gasteiger partial charge >= 0.3 is 0 Å². The van der Waals surface area contributed by atoms with Gasteiger partial charge in [0.25, 0.3) is 0 Å². The Morgan fingerprint density at radius 1 is 1.33 bits per heavy atom. The minimum Gasteiger partial charge on any atom is -0.494 e. The van der Waals surface area contributed by atoms with Crippen LogP contribution in [0.4, 0.5) is 0 Å². The second kappa shape index (κ2) is 6.16. The molecule has 1 unspecified atom stereocenters. The molecule has 0 fully saturated rings. The molecule has 5 nitrogen and oxygen atoms in total. The summed E-state index contributed by atoms with van der Waals surface area (Å²) in [6, 6.07) is 8.00. The highest BCUT2D eigenvalue weighted by molar-refractivity contribution is 5.39. The first kappa shape index (κ1) is 12.6. The molecule has 2 aromatic rings. The molecule has 0 aliphatic heterocycles. The molecule has 1 heterocycles. The fourth-order valence-corrected chi connectivity index (χ4v) is 1.93. The zero-order chi connectivity index (χ0) is 12.8. The number of ether oxygens (including phenoxy) is 1. The van der Waals surface area contributed by atoms with Crippen molar-refractivity contribution in [2.24, 2.45) is 0 Å². The van der Waals surface area contributed by atoms with Gasteiger partial charge < -0.3 is 10.1 Å². The number of aromatic amines is 1. The Kier molecular flexibility index (Phi) is 4.30. The predicted molar refractivity (Wildman–Crippen MR) is 69.5 cm³/mol. The molecule has 0 amide bonds. The molecule has 1 atom stereocenters. The lowest BCUT2D eigenvalue weighted by Crippen LogP contribution is -2.23. The summed E-state index contributed by atoms with van der Waals surface area (Å²) in [5.41, 5.74) is 1.94. The molecule has 96 valence electrons. The first-order valence-electron chi connectivity index (χ1n) is 6.17. The van der Waals surface area contributed by atoms with Crippen LogP contribution in [0.25, 0.3) is 0 Å². The van der Waals surface area contributed by atoms with Crippen LogP contribution in [0.1, 0.15) is 31.1 Å². The van der Waals surface area contributed by atoms with E-state index in [1.165, 1.54) is 0 Å². The zero-order valence-electron chi connectivity index (χ0n) is 10.7. The highest BCUT2D eigenvalue weighted by atomic mass is 16.5. The van der Waals surface area contributed by atoms with Gasteiger partial charge in [0.2, 0.25) is 0 Å². The van der Waals surface area contributed by atoms with Crippen molar-refractivity contribution in [3.63, 3.8) is 0 Å². The maximum Gasteiger partial charge on any atom is 0.124 e. The van der Waals surface area contributed by atoms with Crippen molar-refractivity contribution in [2.75, 3.05) is 13.2 Å². The maximum absolute atomic E-state index is 5.66. The average molecular weight is 246 g/mol. The molecule has 1 aromatic carbocycles. The summed E-state index contributed by atoms with van der Waals surface area (Å²) in [5, 5.41) is 14.1. The molecule has 2 rings (SSSR count). The quantitative estimate of drug-likeness (QED) is 0.817. The molecule has 2 N–H and O–H groups in total. The fraction of sp³-hybridized carbons (Fsp3) is 0.385. The van der Waals surface area contributed by atoms with E-state index < -0.39 is 0 Å². The van der Waals surface area contributed by atoms with Gasteiger partial charge in [-0.1, -0.05) is 25.1 Å². The van der Waals surface area contributed by atoms with Crippen molar-refractivity contribution in [2.45, 2.75) is 19.9 Å². The third kappa shape index (κ3) is 2.68. The Labute approximate surface area is 107 Å². The topological polar surface area (TPSA) is 62.8 Å². The summed E-state index contributed by atoms with van der Waals surface area (Å²) in [5.74, 6) is 0.883. The standard InChI is InChI=1S/C13H18N4O/c1-3-14-13(11-9-15-17-16-11)10-7-5-6-8-12(10)18-4-2/h5-9,13-14H,3-4H2,1-2H3,(H,15,16,17). The van der Waals surface area contributed by atoms with Gasteiger partial charge in [0.15, 0.2) is 0 Å². The Morgan fingerprint density at radius 2 is 2.17 bits per heavy atom. The molecular weight excluding hydrogens is 228 g/mol. The van der Waals surface area contributed by atoms with Crippen LogP contribution in [0, 0.1) is 0 Å². The first-order valence-corrected chi connectivity index (χ1v) is 6.17. The van der Waals surface area contributed by atoms with Gasteiger partial charge in [-0.15, -0.1) is 0 Å². The van der Waals surface area contributed by atoms with E-state index >= 15 is 0 Å². The van der Waals surface area contributed by atoms with E-state index in [9.17, 15) is 0 Å². The molecular formula is C13H18N4O. The van der Waals surface area contributed by atoms with Crippen molar-refractivity contribution >= 4 is 0 Å². The Hall–Kier alpha value is -1.88. The summed E-state index contributed by atoms with van der Waals surface area (Å²) < 4.78 is 5.66. The number of hydrogen-bond donors (Lipinski definition) is 2. The minimum absolute atomic E-state index is 0.00324. The van der Waals surface area contributed by atoms with Gasteiger partial charge in [0.1, 0.15) is 11.4 Å². The Morgan fingerprint density at radius 3 is 2.83 bits per heavy atom. The molecule has 0 saturated heterocycles. The van der Waals surface area contributed by atoms with E-state index in [-0.39, 0.29) is 6.04 Å². The first-order chi connectivity index (χ1) is 8.86. The average Bonchev–Trinajstić information content (AvgIpc) is 2.91. The third-order valence-electron chi connectivity index (χ3n) is 2.67. The number of aromatic nitrogens is 3. The molecule has 0 radical (unpaired) electrons. The molecule has 1 aromatic heterocycles. The van der Waals surface area contributed by atoms with Crippen LogP contribution >= 0.6 is 0 Å². The number of rotatable bonds is 6. The number of nitrogens with zero attached hydrogens (tertiary/aromatic N) is 2. The van der Waals surface area contributed by atoms with Crippen molar-refractivity contribution < 1.29 is 4.74 Å². The smallest absolute Gasteiger partial charge is 0.124 e. The lowest BCUT2D eigenvalue weighted by atomic mass is 10.0. The van der Waals surface area contributed by atoms with Crippen LogP contribution in [0.15, 0.2) is 30.5 Å². The Balaban J connectivity index is 2.36. The largest absolute Gasteiger partial charge is 0.494 e. The second-order valence-electron chi connectivity index (χ2n) is 3.86. The van der Waals surface area contributed by atoms with E-state index in [1.807, 2.05) is 31.2 Å². The highest BCUT2D eigenvalue weighted by Crippen LogP contribution is 2.28. The maximum atomic E-state index is 5.66. The van der Waals surface area contributed by atoms with Gasteiger partial charge in [0.05, 0.1) is 18.8 Å². The van der Waals surface area contributed by atoms with E-state index in [4.69, 9.17) is 4.74 Å². The second-order valence-corrected chi connectivity index (χ2v) is 3.86.